The van der Waals surface area contributed by atoms with E-state index in [4.69, 9.17) is 11.6 Å². The number of aromatic nitrogens is 2. The first-order valence-corrected chi connectivity index (χ1v) is 9.29. The lowest BCUT2D eigenvalue weighted by molar-refractivity contribution is -0.139. The molecule has 2 aromatic heterocycles. The van der Waals surface area contributed by atoms with E-state index < -0.39 is 11.8 Å². The van der Waals surface area contributed by atoms with Gasteiger partial charge < -0.3 is 9.88 Å². The molecule has 0 aliphatic carbocycles. The second-order valence-electron chi connectivity index (χ2n) is 6.35. The van der Waals surface area contributed by atoms with E-state index >= 15 is 0 Å². The molecule has 0 radical (unpaired) electrons. The highest BCUT2D eigenvalue weighted by Gasteiger charge is 2.13. The lowest BCUT2D eigenvalue weighted by Gasteiger charge is -2.11. The van der Waals surface area contributed by atoms with Crippen molar-refractivity contribution in [2.75, 3.05) is 0 Å². The molecule has 2 amide bonds. The third-order valence-electron chi connectivity index (χ3n) is 4.34. The number of nitrogens with one attached hydrogen (secondary N) is 2. The van der Waals surface area contributed by atoms with Crippen LogP contribution in [0.5, 0.6) is 0 Å². The van der Waals surface area contributed by atoms with Gasteiger partial charge in [0.25, 0.3) is 0 Å². The van der Waals surface area contributed by atoms with Crippen molar-refractivity contribution < 1.29 is 9.59 Å². The van der Waals surface area contributed by atoms with Gasteiger partial charge in [-0.25, -0.2) is 5.43 Å². The van der Waals surface area contributed by atoms with E-state index in [0.717, 1.165) is 28.2 Å². The summed E-state index contributed by atoms with van der Waals surface area (Å²) in [7, 11) is 0. The van der Waals surface area contributed by atoms with Gasteiger partial charge in [-0.1, -0.05) is 23.7 Å². The molecule has 0 bridgehead atoms. The van der Waals surface area contributed by atoms with Crippen LogP contribution in [-0.4, -0.2) is 27.6 Å². The molecule has 148 valence electrons. The van der Waals surface area contributed by atoms with Crippen molar-refractivity contribution in [3.63, 3.8) is 0 Å². The van der Waals surface area contributed by atoms with Crippen molar-refractivity contribution in [2.45, 2.75) is 20.4 Å². The Morgan fingerprint density at radius 2 is 1.86 bits per heavy atom. The maximum Gasteiger partial charge on any atom is 0.329 e. The summed E-state index contributed by atoms with van der Waals surface area (Å²) in [5.74, 6) is -1.60. The number of pyridine rings is 1. The van der Waals surface area contributed by atoms with Gasteiger partial charge in [0, 0.05) is 35.9 Å². The first kappa shape index (κ1) is 20.3. The molecule has 8 heteroatoms. The molecule has 2 heterocycles. The number of aryl methyl sites for hydroxylation is 1. The highest BCUT2D eigenvalue weighted by molar-refractivity contribution is 6.35. The maximum atomic E-state index is 11.9. The fourth-order valence-electron chi connectivity index (χ4n) is 2.90. The smallest absolute Gasteiger partial charge is 0.329 e. The van der Waals surface area contributed by atoms with Gasteiger partial charge in [0.2, 0.25) is 0 Å². The second-order valence-corrected chi connectivity index (χ2v) is 6.76. The zero-order valence-corrected chi connectivity index (χ0v) is 16.8. The summed E-state index contributed by atoms with van der Waals surface area (Å²) < 4.78 is 2.01. The van der Waals surface area contributed by atoms with Crippen molar-refractivity contribution in [1.29, 1.82) is 0 Å². The number of benzene rings is 1. The summed E-state index contributed by atoms with van der Waals surface area (Å²) in [5, 5.41) is 7.07. The third kappa shape index (κ3) is 4.89. The van der Waals surface area contributed by atoms with Crippen molar-refractivity contribution in [1.82, 2.24) is 20.3 Å². The van der Waals surface area contributed by atoms with Gasteiger partial charge in [0.05, 0.1) is 16.9 Å². The maximum absolute atomic E-state index is 11.9. The average Bonchev–Trinajstić information content (AvgIpc) is 3.00. The number of halogens is 1. The zero-order chi connectivity index (χ0) is 20.8. The fraction of sp³-hybridized carbons (Fsp3) is 0.143. The van der Waals surface area contributed by atoms with Crippen LogP contribution in [0.2, 0.25) is 5.02 Å². The molecule has 0 saturated heterocycles. The Hall–Kier alpha value is -3.45. The Labute approximate surface area is 173 Å². The lowest BCUT2D eigenvalue weighted by atomic mass is 10.2. The van der Waals surface area contributed by atoms with Crippen LogP contribution < -0.4 is 10.7 Å². The number of hydrogen-bond donors (Lipinski definition) is 2. The number of rotatable bonds is 5. The third-order valence-corrected chi connectivity index (χ3v) is 4.66. The number of para-hydroxylation sites is 1. The molecule has 7 nitrogen and oxygen atoms in total. The molecule has 0 unspecified atom stereocenters. The van der Waals surface area contributed by atoms with E-state index in [9.17, 15) is 9.59 Å². The quantitative estimate of drug-likeness (QED) is 0.386. The van der Waals surface area contributed by atoms with Crippen LogP contribution in [0.3, 0.4) is 0 Å². The standard InChI is InChI=1S/C21H20ClN5O2/c1-14-11-17(15(2)27(14)19-6-4-3-5-18(19)22)13-25-26-21(29)20(28)24-12-16-7-9-23-10-8-16/h3-11,13H,12H2,1-2H3,(H,24,28)(H,26,29)/b25-13-. The van der Waals surface area contributed by atoms with Crippen molar-refractivity contribution in [3.8, 4) is 5.69 Å². The summed E-state index contributed by atoms with van der Waals surface area (Å²) in [6.45, 7) is 4.12. The minimum atomic E-state index is -0.838. The molecule has 0 atom stereocenters. The van der Waals surface area contributed by atoms with E-state index in [1.807, 2.05) is 48.7 Å². The largest absolute Gasteiger partial charge is 0.344 e. The molecule has 0 fully saturated rings. The molecule has 2 N–H and O–H groups in total. The van der Waals surface area contributed by atoms with Crippen LogP contribution >= 0.6 is 11.6 Å². The molecule has 3 aromatic rings. The molecule has 0 saturated carbocycles. The van der Waals surface area contributed by atoms with Gasteiger partial charge in [-0.2, -0.15) is 5.10 Å². The molecule has 3 rings (SSSR count). The van der Waals surface area contributed by atoms with Crippen LogP contribution in [0.4, 0.5) is 0 Å². The first-order valence-electron chi connectivity index (χ1n) is 8.91. The van der Waals surface area contributed by atoms with Crippen LogP contribution in [0.25, 0.3) is 5.69 Å². The molecule has 29 heavy (non-hydrogen) atoms. The van der Waals surface area contributed by atoms with Gasteiger partial charge in [0.15, 0.2) is 0 Å². The van der Waals surface area contributed by atoms with Crippen LogP contribution in [0, 0.1) is 13.8 Å². The molecule has 0 aliphatic heterocycles. The molecule has 0 spiro atoms. The predicted octanol–water partition coefficient (Wildman–Crippen LogP) is 2.91. The minimum absolute atomic E-state index is 0.234. The molecule has 0 aliphatic rings. The van der Waals surface area contributed by atoms with Gasteiger partial charge in [-0.05, 0) is 49.7 Å². The van der Waals surface area contributed by atoms with Crippen LogP contribution in [-0.2, 0) is 16.1 Å². The average molecular weight is 410 g/mol. The number of carbonyl (C=O) groups excluding carboxylic acids is 2. The Morgan fingerprint density at radius 3 is 2.59 bits per heavy atom. The Bertz CT molecular complexity index is 1060. The first-order chi connectivity index (χ1) is 14.0. The van der Waals surface area contributed by atoms with Crippen molar-refractivity contribution >= 4 is 29.6 Å². The lowest BCUT2D eigenvalue weighted by Crippen LogP contribution is -2.37. The summed E-state index contributed by atoms with van der Waals surface area (Å²) in [4.78, 5) is 27.7. The van der Waals surface area contributed by atoms with E-state index in [1.165, 1.54) is 6.21 Å². The second kappa shape index (κ2) is 9.16. The van der Waals surface area contributed by atoms with Gasteiger partial charge in [-0.3, -0.25) is 14.6 Å². The highest BCUT2D eigenvalue weighted by atomic mass is 35.5. The van der Waals surface area contributed by atoms with Gasteiger partial charge >= 0.3 is 11.8 Å². The minimum Gasteiger partial charge on any atom is -0.344 e. The summed E-state index contributed by atoms with van der Waals surface area (Å²) in [6.07, 6.45) is 4.74. The highest BCUT2D eigenvalue weighted by Crippen LogP contribution is 2.25. The fourth-order valence-corrected chi connectivity index (χ4v) is 3.12. The van der Waals surface area contributed by atoms with Crippen LogP contribution in [0.1, 0.15) is 22.5 Å². The number of nitrogens with zero attached hydrogens (tertiary/aromatic N) is 3. The zero-order valence-electron chi connectivity index (χ0n) is 16.0. The predicted molar refractivity (Wildman–Crippen MR) is 112 cm³/mol. The monoisotopic (exact) mass is 409 g/mol. The van der Waals surface area contributed by atoms with E-state index in [2.05, 4.69) is 20.8 Å². The SMILES string of the molecule is Cc1cc(/C=N\NC(=O)C(=O)NCc2ccncc2)c(C)n1-c1ccccc1Cl. The molecular formula is C21H20ClN5O2. The normalized spacial score (nSPS) is 10.9. The van der Waals surface area contributed by atoms with E-state index in [-0.39, 0.29) is 6.54 Å². The summed E-state index contributed by atoms with van der Waals surface area (Å²) >= 11 is 6.31. The summed E-state index contributed by atoms with van der Waals surface area (Å²) in [5.41, 5.74) is 6.64. The Kier molecular flexibility index (Phi) is 6.41. The van der Waals surface area contributed by atoms with Gasteiger partial charge in [0.1, 0.15) is 0 Å². The number of hydrazone groups is 1. The van der Waals surface area contributed by atoms with Gasteiger partial charge in [-0.15, -0.1) is 0 Å². The number of amides is 2. The van der Waals surface area contributed by atoms with Crippen molar-refractivity contribution in [2.24, 2.45) is 5.10 Å². The number of hydrogen-bond acceptors (Lipinski definition) is 4. The van der Waals surface area contributed by atoms with E-state index in [0.29, 0.717) is 5.02 Å². The van der Waals surface area contributed by atoms with Crippen molar-refractivity contribution in [3.05, 3.63) is 82.4 Å². The number of carbonyl (C=O) groups is 2. The Morgan fingerprint density at radius 1 is 1.14 bits per heavy atom. The topological polar surface area (TPSA) is 88.4 Å². The van der Waals surface area contributed by atoms with Crippen LogP contribution in [0.15, 0.2) is 60.0 Å². The Balaban J connectivity index is 1.63. The molecule has 1 aromatic carbocycles. The van der Waals surface area contributed by atoms with E-state index in [1.54, 1.807) is 24.5 Å². The summed E-state index contributed by atoms with van der Waals surface area (Å²) in [6, 6.07) is 13.0. The molecular weight excluding hydrogens is 390 g/mol.